The van der Waals surface area contributed by atoms with E-state index < -0.39 is 0 Å². The smallest absolute Gasteiger partial charge is 0.149 e. The molecule has 0 saturated heterocycles. The average Bonchev–Trinajstić information content (AvgIpc) is 2.39. The molecule has 0 saturated carbocycles. The van der Waals surface area contributed by atoms with Crippen molar-refractivity contribution in [3.63, 3.8) is 0 Å². The third kappa shape index (κ3) is 3.77. The van der Waals surface area contributed by atoms with Crippen molar-refractivity contribution in [3.8, 4) is 5.75 Å². The van der Waals surface area contributed by atoms with E-state index >= 15 is 0 Å². The van der Waals surface area contributed by atoms with Crippen molar-refractivity contribution in [1.82, 2.24) is 4.98 Å². The Hall–Kier alpha value is -2.43. The van der Waals surface area contributed by atoms with Gasteiger partial charge in [-0.1, -0.05) is 12.1 Å². The van der Waals surface area contributed by atoms with E-state index in [9.17, 15) is 0 Å². The zero-order chi connectivity index (χ0) is 13.7. The van der Waals surface area contributed by atoms with Crippen LogP contribution in [0.3, 0.4) is 0 Å². The normalized spacial score (nSPS) is 10.2. The number of rotatable bonds is 5. The zero-order valence-corrected chi connectivity index (χ0v) is 10.9. The number of anilines is 3. The molecule has 0 aliphatic carbocycles. The number of benzene rings is 1. The van der Waals surface area contributed by atoms with Crippen molar-refractivity contribution in [2.45, 2.75) is 6.92 Å². The molecule has 0 aliphatic heterocycles. The van der Waals surface area contributed by atoms with Crippen LogP contribution in [0.2, 0.25) is 0 Å². The van der Waals surface area contributed by atoms with Gasteiger partial charge >= 0.3 is 0 Å². The Kier molecular flexibility index (Phi) is 4.07. The highest BCUT2D eigenvalue weighted by molar-refractivity contribution is 5.61. The van der Waals surface area contributed by atoms with Gasteiger partial charge in [0, 0.05) is 0 Å². The van der Waals surface area contributed by atoms with Gasteiger partial charge in [-0.15, -0.1) is 0 Å². The van der Waals surface area contributed by atoms with E-state index in [0.29, 0.717) is 30.5 Å². The summed E-state index contributed by atoms with van der Waals surface area (Å²) in [5, 5.41) is 3.13. The zero-order valence-electron chi connectivity index (χ0n) is 10.9. The number of pyridine rings is 1. The minimum Gasteiger partial charge on any atom is -0.492 e. The molecule has 2 aromatic rings. The van der Waals surface area contributed by atoms with Gasteiger partial charge in [0.25, 0.3) is 0 Å². The lowest BCUT2D eigenvalue weighted by atomic mass is 10.2. The highest BCUT2D eigenvalue weighted by atomic mass is 16.5. The number of nitrogens with one attached hydrogen (secondary N) is 1. The SMILES string of the molecule is Cc1cccc(OCCNc2ccc(N)c(N)n2)c1. The number of aromatic nitrogens is 1. The lowest BCUT2D eigenvalue weighted by molar-refractivity contribution is 0.332. The molecule has 0 bridgehead atoms. The van der Waals surface area contributed by atoms with Gasteiger partial charge in [-0.25, -0.2) is 4.98 Å². The molecule has 0 aliphatic rings. The highest BCUT2D eigenvalue weighted by Crippen LogP contribution is 2.15. The number of nitrogens with zero attached hydrogens (tertiary/aromatic N) is 1. The van der Waals surface area contributed by atoms with Crippen molar-refractivity contribution in [2.75, 3.05) is 29.9 Å². The Morgan fingerprint density at radius 1 is 1.21 bits per heavy atom. The third-order valence-electron chi connectivity index (χ3n) is 2.62. The van der Waals surface area contributed by atoms with Gasteiger partial charge in [-0.2, -0.15) is 0 Å². The predicted molar refractivity (Wildman–Crippen MR) is 78.2 cm³/mol. The Morgan fingerprint density at radius 3 is 2.79 bits per heavy atom. The van der Waals surface area contributed by atoms with Crippen LogP contribution < -0.4 is 21.5 Å². The van der Waals surface area contributed by atoms with Gasteiger partial charge in [-0.3, -0.25) is 0 Å². The van der Waals surface area contributed by atoms with Crippen LogP contribution in [0.1, 0.15) is 5.56 Å². The molecule has 100 valence electrons. The summed E-state index contributed by atoms with van der Waals surface area (Å²) in [6.45, 7) is 3.23. The number of nitrogen functional groups attached to an aromatic ring is 2. The van der Waals surface area contributed by atoms with Crippen LogP contribution >= 0.6 is 0 Å². The van der Waals surface area contributed by atoms with Gasteiger partial charge in [0.2, 0.25) is 0 Å². The summed E-state index contributed by atoms with van der Waals surface area (Å²) in [4.78, 5) is 4.12. The number of hydrogen-bond donors (Lipinski definition) is 3. The molecule has 0 atom stereocenters. The molecule has 0 radical (unpaired) electrons. The van der Waals surface area contributed by atoms with Gasteiger partial charge in [0.15, 0.2) is 0 Å². The molecule has 1 aromatic carbocycles. The maximum absolute atomic E-state index is 5.63. The molecule has 5 nitrogen and oxygen atoms in total. The Balaban J connectivity index is 1.79. The van der Waals surface area contributed by atoms with E-state index in [-0.39, 0.29) is 0 Å². The summed E-state index contributed by atoms with van der Waals surface area (Å²) < 4.78 is 5.62. The van der Waals surface area contributed by atoms with Crippen LogP contribution in [-0.4, -0.2) is 18.1 Å². The van der Waals surface area contributed by atoms with Crippen LogP contribution in [0, 0.1) is 6.92 Å². The minimum absolute atomic E-state index is 0.338. The second-order valence-corrected chi connectivity index (χ2v) is 4.26. The van der Waals surface area contributed by atoms with Crippen molar-refractivity contribution in [1.29, 1.82) is 0 Å². The van der Waals surface area contributed by atoms with Crippen LogP contribution in [0.5, 0.6) is 5.75 Å². The molecule has 1 aromatic heterocycles. The van der Waals surface area contributed by atoms with Crippen molar-refractivity contribution in [2.24, 2.45) is 0 Å². The minimum atomic E-state index is 0.338. The molecule has 0 unspecified atom stereocenters. The van der Waals surface area contributed by atoms with Gasteiger partial charge < -0.3 is 21.5 Å². The maximum Gasteiger partial charge on any atom is 0.149 e. The number of aryl methyl sites for hydroxylation is 1. The first-order valence-electron chi connectivity index (χ1n) is 6.10. The topological polar surface area (TPSA) is 86.2 Å². The first-order valence-corrected chi connectivity index (χ1v) is 6.10. The first kappa shape index (κ1) is 13.0. The Labute approximate surface area is 112 Å². The van der Waals surface area contributed by atoms with E-state index in [1.165, 1.54) is 5.56 Å². The standard InChI is InChI=1S/C14H18N4O/c1-10-3-2-4-11(9-10)19-8-7-17-13-6-5-12(15)14(16)18-13/h2-6,9H,7-8,15H2,1H3,(H3,16,17,18). The predicted octanol–water partition coefficient (Wildman–Crippen LogP) is 2.05. The van der Waals surface area contributed by atoms with Crippen LogP contribution in [0.4, 0.5) is 17.3 Å². The summed E-state index contributed by atoms with van der Waals surface area (Å²) in [5.74, 6) is 1.90. The van der Waals surface area contributed by atoms with Crippen molar-refractivity contribution >= 4 is 17.3 Å². The number of ether oxygens (including phenoxy) is 1. The van der Waals surface area contributed by atoms with Crippen LogP contribution in [0.25, 0.3) is 0 Å². The Morgan fingerprint density at radius 2 is 2.05 bits per heavy atom. The van der Waals surface area contributed by atoms with E-state index in [2.05, 4.69) is 10.3 Å². The second kappa shape index (κ2) is 5.95. The highest BCUT2D eigenvalue weighted by Gasteiger charge is 1.99. The van der Waals surface area contributed by atoms with E-state index in [4.69, 9.17) is 16.2 Å². The molecule has 5 N–H and O–H groups in total. The molecule has 0 fully saturated rings. The largest absolute Gasteiger partial charge is 0.492 e. The number of hydrogen-bond acceptors (Lipinski definition) is 5. The lowest BCUT2D eigenvalue weighted by Gasteiger charge is -2.09. The fourth-order valence-corrected chi connectivity index (χ4v) is 1.64. The molecule has 19 heavy (non-hydrogen) atoms. The van der Waals surface area contributed by atoms with Crippen molar-refractivity contribution in [3.05, 3.63) is 42.0 Å². The second-order valence-electron chi connectivity index (χ2n) is 4.26. The molecular weight excluding hydrogens is 240 g/mol. The molecular formula is C14H18N4O. The summed E-state index contributed by atoms with van der Waals surface area (Å²) in [7, 11) is 0. The summed E-state index contributed by atoms with van der Waals surface area (Å²) in [6, 6.07) is 11.5. The van der Waals surface area contributed by atoms with Crippen LogP contribution in [0.15, 0.2) is 36.4 Å². The van der Waals surface area contributed by atoms with Crippen LogP contribution in [-0.2, 0) is 0 Å². The quantitative estimate of drug-likeness (QED) is 0.714. The maximum atomic E-state index is 5.63. The molecule has 0 spiro atoms. The third-order valence-corrected chi connectivity index (χ3v) is 2.62. The molecule has 1 heterocycles. The van der Waals surface area contributed by atoms with E-state index in [1.807, 2.05) is 31.2 Å². The fraction of sp³-hybridized carbons (Fsp3) is 0.214. The van der Waals surface area contributed by atoms with Gasteiger partial charge in [0.1, 0.15) is 24.0 Å². The summed E-state index contributed by atoms with van der Waals surface area (Å²) >= 11 is 0. The Bertz CT molecular complexity index is 557. The summed E-state index contributed by atoms with van der Waals surface area (Å²) in [6.07, 6.45) is 0. The van der Waals surface area contributed by atoms with E-state index in [0.717, 1.165) is 5.75 Å². The van der Waals surface area contributed by atoms with Crippen molar-refractivity contribution < 1.29 is 4.74 Å². The first-order chi connectivity index (χ1) is 9.15. The summed E-state index contributed by atoms with van der Waals surface area (Å²) in [5.41, 5.74) is 12.9. The fourth-order valence-electron chi connectivity index (χ4n) is 1.64. The molecule has 0 amide bonds. The van der Waals surface area contributed by atoms with Gasteiger partial charge in [0.05, 0.1) is 12.2 Å². The lowest BCUT2D eigenvalue weighted by Crippen LogP contribution is -2.13. The average molecular weight is 258 g/mol. The monoisotopic (exact) mass is 258 g/mol. The number of nitrogens with two attached hydrogens (primary N) is 2. The molecule has 2 rings (SSSR count). The van der Waals surface area contributed by atoms with E-state index in [1.54, 1.807) is 12.1 Å². The van der Waals surface area contributed by atoms with Gasteiger partial charge in [-0.05, 0) is 36.8 Å². The molecule has 5 heteroatoms.